The maximum absolute atomic E-state index is 10.4. The zero-order chi connectivity index (χ0) is 12.8. The quantitative estimate of drug-likeness (QED) is 0.770. The van der Waals surface area contributed by atoms with Crippen molar-refractivity contribution in [2.75, 3.05) is 18.1 Å². The van der Waals surface area contributed by atoms with Gasteiger partial charge in [0.1, 0.15) is 9.84 Å². The lowest BCUT2D eigenvalue weighted by Crippen LogP contribution is -2.36. The minimum Gasteiger partial charge on any atom is -0.299 e. The molecule has 0 amide bonds. The van der Waals surface area contributed by atoms with E-state index in [0.29, 0.717) is 23.6 Å². The molecule has 1 aliphatic heterocycles. The van der Waals surface area contributed by atoms with Crippen LogP contribution in [0.3, 0.4) is 0 Å². The number of rotatable bonds is 3. The summed E-state index contributed by atoms with van der Waals surface area (Å²) in [6.07, 6.45) is 1.75. The first kappa shape index (κ1) is 15.9. The first-order valence-electron chi connectivity index (χ1n) is 6.26. The van der Waals surface area contributed by atoms with Crippen molar-refractivity contribution in [2.45, 2.75) is 59.5 Å². The van der Waals surface area contributed by atoms with Gasteiger partial charge in [0.05, 0.1) is 11.5 Å². The topological polar surface area (TPSA) is 37.4 Å². The van der Waals surface area contributed by atoms with E-state index in [1.54, 1.807) is 0 Å². The van der Waals surface area contributed by atoms with E-state index in [1.807, 2.05) is 0 Å². The molecule has 0 radical (unpaired) electrons. The van der Waals surface area contributed by atoms with Gasteiger partial charge < -0.3 is 0 Å². The fourth-order valence-electron chi connectivity index (χ4n) is 2.07. The van der Waals surface area contributed by atoms with Crippen molar-refractivity contribution in [1.82, 2.24) is 4.90 Å². The molecule has 1 heterocycles. The Hall–Kier alpha value is -0.0900. The number of sulfone groups is 1. The van der Waals surface area contributed by atoms with Gasteiger partial charge in [-0.15, -0.1) is 0 Å². The molecule has 0 bridgehead atoms. The normalized spacial score (nSPS) is 19.0. The maximum atomic E-state index is 10.4. The van der Waals surface area contributed by atoms with Crippen LogP contribution >= 0.6 is 0 Å². The summed E-state index contributed by atoms with van der Waals surface area (Å²) in [5, 5.41) is 0. The molecule has 0 aromatic rings. The third kappa shape index (κ3) is 6.48. The average Bonchev–Trinajstić information content (AvgIpc) is 2.50. The van der Waals surface area contributed by atoms with Crippen molar-refractivity contribution in [3.05, 3.63) is 0 Å². The first-order valence-corrected chi connectivity index (χ1v) is 8.08. The second-order valence-electron chi connectivity index (χ2n) is 4.88. The molecule has 0 saturated carbocycles. The van der Waals surface area contributed by atoms with Crippen molar-refractivity contribution in [3.8, 4) is 0 Å². The summed E-state index contributed by atoms with van der Waals surface area (Å²) < 4.78 is 20.9. The van der Waals surface area contributed by atoms with Crippen LogP contribution in [-0.2, 0) is 9.84 Å². The minimum atomic E-state index is -2.55. The van der Waals surface area contributed by atoms with E-state index < -0.39 is 9.84 Å². The van der Waals surface area contributed by atoms with Gasteiger partial charge in [-0.2, -0.15) is 0 Å². The molecular weight excluding hydrogens is 222 g/mol. The number of hydrogen-bond acceptors (Lipinski definition) is 3. The van der Waals surface area contributed by atoms with Crippen LogP contribution in [0.4, 0.5) is 0 Å². The Bertz CT molecular complexity index is 251. The molecule has 0 aliphatic carbocycles. The van der Waals surface area contributed by atoms with E-state index in [4.69, 9.17) is 0 Å². The Morgan fingerprint density at radius 2 is 1.38 bits per heavy atom. The zero-order valence-corrected chi connectivity index (χ0v) is 12.2. The summed E-state index contributed by atoms with van der Waals surface area (Å²) in [7, 11) is -2.55. The van der Waals surface area contributed by atoms with Crippen LogP contribution in [0.2, 0.25) is 0 Å². The third-order valence-corrected chi connectivity index (χ3v) is 4.67. The van der Waals surface area contributed by atoms with Crippen molar-refractivity contribution < 1.29 is 8.42 Å². The first-order chi connectivity index (χ1) is 7.30. The average molecular weight is 249 g/mol. The summed E-state index contributed by atoms with van der Waals surface area (Å²) in [5.41, 5.74) is 0. The van der Waals surface area contributed by atoms with Crippen molar-refractivity contribution in [1.29, 1.82) is 0 Å². The van der Waals surface area contributed by atoms with Gasteiger partial charge in [-0.05, 0) is 47.1 Å². The summed E-state index contributed by atoms with van der Waals surface area (Å²) in [6, 6.07) is 1.38. The SMILES string of the molecule is CCN(C(C)C)C(C)C.O=S1(=O)CCCC1. The van der Waals surface area contributed by atoms with Crippen LogP contribution in [0.5, 0.6) is 0 Å². The molecule has 0 spiro atoms. The molecule has 1 rings (SSSR count). The van der Waals surface area contributed by atoms with Gasteiger partial charge in [0.15, 0.2) is 0 Å². The number of hydrogen-bond donors (Lipinski definition) is 0. The smallest absolute Gasteiger partial charge is 0.150 e. The van der Waals surface area contributed by atoms with Crippen molar-refractivity contribution in [2.24, 2.45) is 0 Å². The van der Waals surface area contributed by atoms with E-state index in [0.717, 1.165) is 19.4 Å². The lowest BCUT2D eigenvalue weighted by atomic mass is 10.2. The molecule has 0 N–H and O–H groups in total. The minimum absolute atomic E-state index is 0.424. The highest BCUT2D eigenvalue weighted by Gasteiger charge is 2.16. The predicted molar refractivity (Wildman–Crippen MR) is 70.5 cm³/mol. The Kier molecular flexibility index (Phi) is 7.24. The molecule has 1 aliphatic rings. The Labute approximate surface area is 101 Å². The maximum Gasteiger partial charge on any atom is 0.150 e. The third-order valence-electron chi connectivity index (χ3n) is 2.85. The highest BCUT2D eigenvalue weighted by atomic mass is 32.2. The van der Waals surface area contributed by atoms with Crippen LogP contribution in [0, 0.1) is 0 Å². The molecule has 98 valence electrons. The fourth-order valence-corrected chi connectivity index (χ4v) is 3.56. The Morgan fingerprint density at radius 1 is 1.00 bits per heavy atom. The van der Waals surface area contributed by atoms with Crippen LogP contribution < -0.4 is 0 Å². The molecule has 0 atom stereocenters. The molecular formula is C12H27NO2S. The lowest BCUT2D eigenvalue weighted by molar-refractivity contribution is 0.185. The van der Waals surface area contributed by atoms with Gasteiger partial charge in [-0.3, -0.25) is 4.90 Å². The van der Waals surface area contributed by atoms with Gasteiger partial charge in [-0.25, -0.2) is 8.42 Å². The second kappa shape index (κ2) is 7.28. The predicted octanol–water partition coefficient (Wildman–Crippen LogP) is 2.32. The summed E-state index contributed by atoms with van der Waals surface area (Å²) >= 11 is 0. The van der Waals surface area contributed by atoms with Crippen LogP contribution in [0.1, 0.15) is 47.5 Å². The van der Waals surface area contributed by atoms with Crippen molar-refractivity contribution in [3.63, 3.8) is 0 Å². The van der Waals surface area contributed by atoms with Crippen LogP contribution in [0.15, 0.2) is 0 Å². The summed E-state index contributed by atoms with van der Waals surface area (Å²) in [5.74, 6) is 0.847. The lowest BCUT2D eigenvalue weighted by Gasteiger charge is -2.28. The Balaban J connectivity index is 0.000000288. The van der Waals surface area contributed by atoms with E-state index in [2.05, 4.69) is 39.5 Å². The Morgan fingerprint density at radius 3 is 1.44 bits per heavy atom. The molecule has 0 aromatic heterocycles. The second-order valence-corrected chi connectivity index (χ2v) is 7.18. The number of nitrogens with zero attached hydrogens (tertiary/aromatic N) is 1. The highest BCUT2D eigenvalue weighted by molar-refractivity contribution is 7.91. The van der Waals surface area contributed by atoms with E-state index >= 15 is 0 Å². The summed E-state index contributed by atoms with van der Waals surface area (Å²) in [4.78, 5) is 2.46. The summed E-state index contributed by atoms with van der Waals surface area (Å²) in [6.45, 7) is 12.3. The van der Waals surface area contributed by atoms with E-state index in [-0.39, 0.29) is 0 Å². The molecule has 1 saturated heterocycles. The largest absolute Gasteiger partial charge is 0.299 e. The van der Waals surface area contributed by atoms with Gasteiger partial charge in [-0.1, -0.05) is 6.92 Å². The fraction of sp³-hybridized carbons (Fsp3) is 1.00. The van der Waals surface area contributed by atoms with E-state index in [1.165, 1.54) is 0 Å². The molecule has 3 nitrogen and oxygen atoms in total. The molecule has 16 heavy (non-hydrogen) atoms. The van der Waals surface area contributed by atoms with E-state index in [9.17, 15) is 8.42 Å². The van der Waals surface area contributed by atoms with Gasteiger partial charge in [0, 0.05) is 12.1 Å². The van der Waals surface area contributed by atoms with Gasteiger partial charge in [0.25, 0.3) is 0 Å². The molecule has 0 unspecified atom stereocenters. The molecule has 4 heteroatoms. The van der Waals surface area contributed by atoms with Crippen LogP contribution in [0.25, 0.3) is 0 Å². The monoisotopic (exact) mass is 249 g/mol. The van der Waals surface area contributed by atoms with Crippen molar-refractivity contribution >= 4 is 9.84 Å². The standard InChI is InChI=1S/C8H19N.C4H8O2S/c1-6-9(7(2)3)8(4)5;5-7(6)3-1-2-4-7/h7-8H,6H2,1-5H3;1-4H2. The highest BCUT2D eigenvalue weighted by Crippen LogP contribution is 2.08. The van der Waals surface area contributed by atoms with Crippen LogP contribution in [-0.4, -0.2) is 43.5 Å². The van der Waals surface area contributed by atoms with Gasteiger partial charge in [0.2, 0.25) is 0 Å². The molecule has 1 fully saturated rings. The van der Waals surface area contributed by atoms with Gasteiger partial charge >= 0.3 is 0 Å². The zero-order valence-electron chi connectivity index (χ0n) is 11.4. The molecule has 0 aromatic carbocycles.